The molecule has 9 heteroatoms. The van der Waals surface area contributed by atoms with Gasteiger partial charge in [-0.25, -0.2) is 8.78 Å². The van der Waals surface area contributed by atoms with E-state index in [1.54, 1.807) is 31.2 Å². The van der Waals surface area contributed by atoms with Crippen molar-refractivity contribution in [2.45, 2.75) is 13.3 Å². The van der Waals surface area contributed by atoms with Gasteiger partial charge in [-0.1, -0.05) is 18.2 Å². The number of benzene rings is 2. The van der Waals surface area contributed by atoms with E-state index < -0.39 is 29.1 Å². The van der Waals surface area contributed by atoms with Crippen molar-refractivity contribution in [2.24, 2.45) is 5.92 Å². The average molecular weight is 431 g/mol. The van der Waals surface area contributed by atoms with Gasteiger partial charge in [-0.3, -0.25) is 14.4 Å². The minimum atomic E-state index is -0.906. The highest BCUT2D eigenvalue weighted by molar-refractivity contribution is 6.02. The summed E-state index contributed by atoms with van der Waals surface area (Å²) in [6.07, 6.45) is -0.00303. The number of halogens is 2. The lowest BCUT2D eigenvalue weighted by Gasteiger charge is -2.24. The van der Waals surface area contributed by atoms with E-state index >= 15 is 0 Å². The number of nitrogens with one attached hydrogen (secondary N) is 1. The van der Waals surface area contributed by atoms with Crippen molar-refractivity contribution in [1.82, 2.24) is 4.90 Å². The van der Waals surface area contributed by atoms with Gasteiger partial charge in [0.25, 0.3) is 0 Å². The fraction of sp³-hybridized carbons (Fsp3) is 0.318. The summed E-state index contributed by atoms with van der Waals surface area (Å²) in [5, 5.41) is 2.17. The van der Waals surface area contributed by atoms with Crippen molar-refractivity contribution >= 4 is 29.1 Å². The van der Waals surface area contributed by atoms with E-state index in [4.69, 9.17) is 4.74 Å². The molecule has 0 saturated carbocycles. The standard InChI is InChI=1S/C22H23F2N3O4/c1-3-26(13-19(28)25-21-15(23)7-6-8-16(21)24)22(30)14-11-20(29)27(12-14)17-9-4-5-10-18(17)31-2/h4-10,14H,3,11-13H2,1-2H3,(H,25,28). The Kier molecular flexibility index (Phi) is 6.84. The number of carbonyl (C=O) groups excluding carboxylic acids is 3. The van der Waals surface area contributed by atoms with Crippen molar-refractivity contribution < 1.29 is 27.9 Å². The van der Waals surface area contributed by atoms with Crippen LogP contribution in [0.5, 0.6) is 5.75 Å². The minimum absolute atomic E-state index is 0.00303. The first kappa shape index (κ1) is 22.2. The summed E-state index contributed by atoms with van der Waals surface area (Å²) in [6.45, 7) is 1.65. The first-order chi connectivity index (χ1) is 14.8. The normalized spacial score (nSPS) is 15.7. The summed E-state index contributed by atoms with van der Waals surface area (Å²) >= 11 is 0. The van der Waals surface area contributed by atoms with Crippen LogP contribution in [0, 0.1) is 17.6 Å². The van der Waals surface area contributed by atoms with Gasteiger partial charge in [0.05, 0.1) is 25.3 Å². The van der Waals surface area contributed by atoms with Gasteiger partial charge in [0, 0.05) is 19.5 Å². The number of ether oxygens (including phenoxy) is 1. The number of methoxy groups -OCH3 is 1. The Labute approximate surface area is 178 Å². The molecular formula is C22H23F2N3O4. The largest absolute Gasteiger partial charge is 0.495 e. The molecule has 1 heterocycles. The average Bonchev–Trinajstić information content (AvgIpc) is 3.15. The maximum Gasteiger partial charge on any atom is 0.244 e. The van der Waals surface area contributed by atoms with Crippen LogP contribution in [-0.2, 0) is 14.4 Å². The lowest BCUT2D eigenvalue weighted by molar-refractivity contribution is -0.138. The SMILES string of the molecule is CCN(CC(=O)Nc1c(F)cccc1F)C(=O)C1CC(=O)N(c2ccccc2OC)C1. The number of hydrogen-bond acceptors (Lipinski definition) is 4. The van der Waals surface area contributed by atoms with Gasteiger partial charge in [-0.2, -0.15) is 0 Å². The number of rotatable bonds is 7. The van der Waals surface area contributed by atoms with Gasteiger partial charge in [-0.15, -0.1) is 0 Å². The van der Waals surface area contributed by atoms with Crippen molar-refractivity contribution in [3.63, 3.8) is 0 Å². The number of hydrogen-bond donors (Lipinski definition) is 1. The van der Waals surface area contributed by atoms with Crippen molar-refractivity contribution in [3.8, 4) is 5.75 Å². The second-order valence-corrected chi connectivity index (χ2v) is 7.07. The summed E-state index contributed by atoms with van der Waals surface area (Å²) in [5.41, 5.74) is 0.00973. The van der Waals surface area contributed by atoms with Crippen LogP contribution in [0.3, 0.4) is 0 Å². The lowest BCUT2D eigenvalue weighted by Crippen LogP contribution is -2.42. The number of nitrogens with zero attached hydrogens (tertiary/aromatic N) is 2. The highest BCUT2D eigenvalue weighted by atomic mass is 19.1. The second kappa shape index (κ2) is 9.55. The smallest absolute Gasteiger partial charge is 0.244 e. The Morgan fingerprint density at radius 3 is 2.48 bits per heavy atom. The fourth-order valence-corrected chi connectivity index (χ4v) is 3.53. The molecule has 2 aromatic carbocycles. The summed E-state index contributed by atoms with van der Waals surface area (Å²) in [6, 6.07) is 10.2. The van der Waals surface area contributed by atoms with E-state index in [0.717, 1.165) is 12.1 Å². The summed E-state index contributed by atoms with van der Waals surface area (Å²) in [7, 11) is 1.50. The molecule has 31 heavy (non-hydrogen) atoms. The number of likely N-dealkylation sites (N-methyl/N-ethyl adjacent to an activating group) is 1. The van der Waals surface area contributed by atoms with E-state index in [1.165, 1.54) is 23.0 Å². The molecule has 7 nitrogen and oxygen atoms in total. The highest BCUT2D eigenvalue weighted by Crippen LogP contribution is 2.33. The maximum absolute atomic E-state index is 13.8. The molecule has 0 bridgehead atoms. The van der Waals surface area contributed by atoms with E-state index in [-0.39, 0.29) is 37.9 Å². The molecule has 0 aromatic heterocycles. The predicted molar refractivity (Wildman–Crippen MR) is 111 cm³/mol. The number of para-hydroxylation sites is 3. The molecule has 3 rings (SSSR count). The fourth-order valence-electron chi connectivity index (χ4n) is 3.53. The van der Waals surface area contributed by atoms with Gasteiger partial charge in [-0.05, 0) is 31.2 Å². The number of anilines is 2. The van der Waals surface area contributed by atoms with Crippen LogP contribution >= 0.6 is 0 Å². The molecule has 1 fully saturated rings. The molecule has 1 atom stereocenters. The third kappa shape index (κ3) is 4.82. The molecule has 2 aromatic rings. The van der Waals surface area contributed by atoms with Gasteiger partial charge >= 0.3 is 0 Å². The number of carbonyl (C=O) groups is 3. The molecule has 0 aliphatic carbocycles. The Balaban J connectivity index is 1.68. The second-order valence-electron chi connectivity index (χ2n) is 7.07. The van der Waals surface area contributed by atoms with Crippen LogP contribution in [0.2, 0.25) is 0 Å². The third-order valence-corrected chi connectivity index (χ3v) is 5.11. The first-order valence-electron chi connectivity index (χ1n) is 9.81. The van der Waals surface area contributed by atoms with Crippen LogP contribution in [0.1, 0.15) is 13.3 Å². The van der Waals surface area contributed by atoms with Crippen molar-refractivity contribution in [2.75, 3.05) is 37.0 Å². The molecule has 1 unspecified atom stereocenters. The Morgan fingerprint density at radius 1 is 1.16 bits per heavy atom. The molecule has 0 spiro atoms. The summed E-state index contributed by atoms with van der Waals surface area (Å²) in [4.78, 5) is 40.6. The molecule has 1 aliphatic heterocycles. The molecule has 1 aliphatic rings. The van der Waals surface area contributed by atoms with Gasteiger partial charge in [0.1, 0.15) is 23.1 Å². The molecule has 1 saturated heterocycles. The first-order valence-corrected chi connectivity index (χ1v) is 9.81. The predicted octanol–water partition coefficient (Wildman–Crippen LogP) is 2.81. The van der Waals surface area contributed by atoms with Crippen LogP contribution in [0.4, 0.5) is 20.2 Å². The highest BCUT2D eigenvalue weighted by Gasteiger charge is 2.38. The minimum Gasteiger partial charge on any atom is -0.495 e. The topological polar surface area (TPSA) is 79.0 Å². The zero-order chi connectivity index (χ0) is 22.5. The monoisotopic (exact) mass is 431 g/mol. The van der Waals surface area contributed by atoms with Crippen LogP contribution in [-0.4, -0.2) is 49.4 Å². The van der Waals surface area contributed by atoms with Gasteiger partial charge < -0.3 is 19.9 Å². The molecule has 1 N–H and O–H groups in total. The van der Waals surface area contributed by atoms with Crippen LogP contribution in [0.25, 0.3) is 0 Å². The molecule has 164 valence electrons. The third-order valence-electron chi connectivity index (χ3n) is 5.11. The summed E-state index contributed by atoms with van der Waals surface area (Å²) < 4.78 is 32.8. The molecular weight excluding hydrogens is 408 g/mol. The summed E-state index contributed by atoms with van der Waals surface area (Å²) in [5.74, 6) is -3.27. The Morgan fingerprint density at radius 2 is 1.84 bits per heavy atom. The quantitative estimate of drug-likeness (QED) is 0.731. The molecule has 0 radical (unpaired) electrons. The number of amides is 3. The maximum atomic E-state index is 13.8. The lowest BCUT2D eigenvalue weighted by atomic mass is 10.1. The van der Waals surface area contributed by atoms with Crippen molar-refractivity contribution in [3.05, 3.63) is 54.1 Å². The van der Waals surface area contributed by atoms with E-state index in [1.807, 2.05) is 0 Å². The van der Waals surface area contributed by atoms with Gasteiger partial charge in [0.15, 0.2) is 0 Å². The Bertz CT molecular complexity index is 978. The Hall–Kier alpha value is -3.49. The van der Waals surface area contributed by atoms with Gasteiger partial charge in [0.2, 0.25) is 17.7 Å². The van der Waals surface area contributed by atoms with Crippen LogP contribution < -0.4 is 15.0 Å². The van der Waals surface area contributed by atoms with E-state index in [2.05, 4.69) is 5.32 Å². The van der Waals surface area contributed by atoms with E-state index in [0.29, 0.717) is 11.4 Å². The van der Waals surface area contributed by atoms with E-state index in [9.17, 15) is 23.2 Å². The molecule has 3 amide bonds. The zero-order valence-electron chi connectivity index (χ0n) is 17.2. The van der Waals surface area contributed by atoms with Crippen molar-refractivity contribution in [1.29, 1.82) is 0 Å². The van der Waals surface area contributed by atoms with Crippen LogP contribution in [0.15, 0.2) is 42.5 Å². The zero-order valence-corrected chi connectivity index (χ0v) is 17.2.